The molecule has 0 aliphatic carbocycles. The first-order chi connectivity index (χ1) is 12.1. The highest BCUT2D eigenvalue weighted by Crippen LogP contribution is 2.36. The zero-order valence-electron chi connectivity index (χ0n) is 13.9. The molecule has 1 atom stereocenters. The van der Waals surface area contributed by atoms with E-state index in [1.165, 1.54) is 11.8 Å². The summed E-state index contributed by atoms with van der Waals surface area (Å²) < 4.78 is 10.7. The molecule has 0 unspecified atom stereocenters. The molecule has 1 amide bonds. The summed E-state index contributed by atoms with van der Waals surface area (Å²) in [4.78, 5) is 25.0. The van der Waals surface area contributed by atoms with Crippen molar-refractivity contribution in [1.82, 2.24) is 0 Å². The molecule has 1 aliphatic heterocycles. The molecule has 2 aromatic rings. The fourth-order valence-corrected chi connectivity index (χ4v) is 3.48. The van der Waals surface area contributed by atoms with Gasteiger partial charge in [-0.1, -0.05) is 29.8 Å². The summed E-state index contributed by atoms with van der Waals surface area (Å²) in [6.45, 7) is 2.44. The Morgan fingerprint density at radius 3 is 2.68 bits per heavy atom. The summed E-state index contributed by atoms with van der Waals surface area (Å²) in [5.74, 6) is 0.163. The Morgan fingerprint density at radius 2 is 1.88 bits per heavy atom. The van der Waals surface area contributed by atoms with E-state index in [0.29, 0.717) is 0 Å². The summed E-state index contributed by atoms with van der Waals surface area (Å²) in [5.41, 5.74) is 1.94. The Labute approximate surface area is 150 Å². The monoisotopic (exact) mass is 357 g/mol. The number of nitrogens with one attached hydrogen (secondary N) is 1. The minimum atomic E-state index is -0.472. The highest BCUT2D eigenvalue weighted by atomic mass is 32.2. The topological polar surface area (TPSA) is 64.6 Å². The van der Waals surface area contributed by atoms with Crippen molar-refractivity contribution >= 4 is 29.3 Å². The second kappa shape index (κ2) is 8.07. The molecule has 0 radical (unpaired) electrons. The molecule has 1 aliphatic rings. The molecule has 0 spiro atoms. The lowest BCUT2D eigenvalue weighted by molar-refractivity contribution is -0.145. The average Bonchev–Trinajstić information content (AvgIpc) is 2.61. The lowest BCUT2D eigenvalue weighted by Crippen LogP contribution is -2.31. The van der Waals surface area contributed by atoms with Gasteiger partial charge in [0.15, 0.2) is 0 Å². The Kier molecular flexibility index (Phi) is 5.60. The number of ether oxygens (including phenoxy) is 2. The first-order valence-electron chi connectivity index (χ1n) is 8.03. The zero-order valence-corrected chi connectivity index (χ0v) is 14.7. The van der Waals surface area contributed by atoms with Gasteiger partial charge in [0, 0.05) is 4.90 Å². The maximum absolute atomic E-state index is 12.1. The van der Waals surface area contributed by atoms with Crippen LogP contribution in [0, 0.1) is 6.92 Å². The first-order valence-corrected chi connectivity index (χ1v) is 8.91. The number of hydrogen-bond donors (Lipinski definition) is 1. The van der Waals surface area contributed by atoms with Crippen LogP contribution in [0.15, 0.2) is 53.4 Å². The van der Waals surface area contributed by atoms with E-state index in [4.69, 9.17) is 9.47 Å². The van der Waals surface area contributed by atoms with E-state index in [1.54, 1.807) is 0 Å². The van der Waals surface area contributed by atoms with Crippen molar-refractivity contribution in [3.05, 3.63) is 54.1 Å². The van der Waals surface area contributed by atoms with Crippen LogP contribution in [0.2, 0.25) is 0 Å². The molecule has 5 nitrogen and oxygen atoms in total. The third-order valence-corrected chi connectivity index (χ3v) is 4.97. The number of aryl methyl sites for hydroxylation is 1. The molecular weight excluding hydrogens is 338 g/mol. The number of amides is 1. The van der Waals surface area contributed by atoms with Crippen molar-refractivity contribution < 1.29 is 19.1 Å². The Bertz CT molecular complexity index is 760. The summed E-state index contributed by atoms with van der Waals surface area (Å²) in [6.07, 6.45) is 0.0371. The van der Waals surface area contributed by atoms with Gasteiger partial charge in [0.1, 0.15) is 19.0 Å². The Hall–Kier alpha value is -2.47. The van der Waals surface area contributed by atoms with Crippen LogP contribution in [-0.4, -0.2) is 30.3 Å². The van der Waals surface area contributed by atoms with Crippen LogP contribution in [0.1, 0.15) is 12.0 Å². The van der Waals surface area contributed by atoms with Crippen LogP contribution in [0.3, 0.4) is 0 Å². The van der Waals surface area contributed by atoms with Gasteiger partial charge >= 0.3 is 5.97 Å². The smallest absolute Gasteiger partial charge is 0.307 e. The number of rotatable bonds is 6. The van der Waals surface area contributed by atoms with Gasteiger partial charge < -0.3 is 14.8 Å². The fraction of sp³-hybridized carbons (Fsp3) is 0.263. The fourth-order valence-electron chi connectivity index (χ4n) is 2.39. The van der Waals surface area contributed by atoms with Crippen LogP contribution >= 0.6 is 11.8 Å². The molecule has 0 saturated heterocycles. The van der Waals surface area contributed by atoms with Gasteiger partial charge in [-0.25, -0.2) is 0 Å². The minimum Gasteiger partial charge on any atom is -0.490 e. The van der Waals surface area contributed by atoms with Gasteiger partial charge in [0.25, 0.3) is 0 Å². The quantitative estimate of drug-likeness (QED) is 0.634. The number of benzene rings is 2. The summed E-state index contributed by atoms with van der Waals surface area (Å²) in [7, 11) is 0. The van der Waals surface area contributed by atoms with E-state index >= 15 is 0 Å². The molecule has 0 bridgehead atoms. The van der Waals surface area contributed by atoms with Crippen molar-refractivity contribution in [2.24, 2.45) is 0 Å². The predicted octanol–water partition coefficient (Wildman–Crippen LogP) is 3.42. The number of carbonyl (C=O) groups excluding carboxylic acids is 2. The highest BCUT2D eigenvalue weighted by Gasteiger charge is 2.29. The molecule has 0 fully saturated rings. The second-order valence-electron chi connectivity index (χ2n) is 5.68. The van der Waals surface area contributed by atoms with Crippen molar-refractivity contribution in [3.63, 3.8) is 0 Å². The van der Waals surface area contributed by atoms with E-state index in [-0.39, 0.29) is 25.5 Å². The lowest BCUT2D eigenvalue weighted by atomic mass is 10.2. The van der Waals surface area contributed by atoms with E-state index in [9.17, 15) is 9.59 Å². The molecule has 0 saturated carbocycles. The van der Waals surface area contributed by atoms with Gasteiger partial charge in [-0.3, -0.25) is 9.59 Å². The standard InChI is InChI=1S/C19H19NO4S/c1-13-6-8-14(9-7-13)23-10-11-24-18(21)12-17-19(22)20-15-4-2-3-5-16(15)25-17/h2-9,17H,10-12H2,1H3,(H,20,22)/t17-/m1/s1. The Morgan fingerprint density at radius 1 is 1.12 bits per heavy atom. The molecule has 3 rings (SSSR count). The largest absolute Gasteiger partial charge is 0.490 e. The predicted molar refractivity (Wildman–Crippen MR) is 97.0 cm³/mol. The molecule has 2 aromatic carbocycles. The van der Waals surface area contributed by atoms with E-state index < -0.39 is 11.2 Å². The van der Waals surface area contributed by atoms with Gasteiger partial charge in [0.2, 0.25) is 5.91 Å². The van der Waals surface area contributed by atoms with Crippen LogP contribution in [0.25, 0.3) is 0 Å². The number of carbonyl (C=O) groups is 2. The maximum Gasteiger partial charge on any atom is 0.307 e. The number of thioether (sulfide) groups is 1. The van der Waals surface area contributed by atoms with Gasteiger partial charge in [-0.15, -0.1) is 11.8 Å². The zero-order chi connectivity index (χ0) is 17.6. The number of para-hydroxylation sites is 1. The summed E-state index contributed by atoms with van der Waals surface area (Å²) in [6, 6.07) is 15.2. The first kappa shape index (κ1) is 17.4. The van der Waals surface area contributed by atoms with Crippen LogP contribution in [-0.2, 0) is 14.3 Å². The van der Waals surface area contributed by atoms with Gasteiger partial charge in [0.05, 0.1) is 17.4 Å². The third kappa shape index (κ3) is 4.76. The molecule has 130 valence electrons. The summed E-state index contributed by atoms with van der Waals surface area (Å²) in [5, 5.41) is 2.34. The number of fused-ring (bicyclic) bond motifs is 1. The Balaban J connectivity index is 1.42. The molecule has 1 N–H and O–H groups in total. The maximum atomic E-state index is 12.1. The van der Waals surface area contributed by atoms with Crippen LogP contribution in [0.5, 0.6) is 5.75 Å². The van der Waals surface area contributed by atoms with Crippen molar-refractivity contribution in [3.8, 4) is 5.75 Å². The van der Waals surface area contributed by atoms with Gasteiger partial charge in [-0.2, -0.15) is 0 Å². The number of hydrogen-bond acceptors (Lipinski definition) is 5. The molecule has 25 heavy (non-hydrogen) atoms. The second-order valence-corrected chi connectivity index (χ2v) is 6.92. The normalized spacial score (nSPS) is 15.9. The minimum absolute atomic E-state index is 0.0371. The number of anilines is 1. The summed E-state index contributed by atoms with van der Waals surface area (Å²) >= 11 is 1.39. The van der Waals surface area contributed by atoms with Crippen LogP contribution < -0.4 is 10.1 Å². The van der Waals surface area contributed by atoms with Crippen molar-refractivity contribution in [2.45, 2.75) is 23.5 Å². The van der Waals surface area contributed by atoms with Crippen molar-refractivity contribution in [2.75, 3.05) is 18.5 Å². The van der Waals surface area contributed by atoms with E-state index in [0.717, 1.165) is 21.9 Å². The third-order valence-electron chi connectivity index (χ3n) is 3.69. The molecular formula is C19H19NO4S. The van der Waals surface area contributed by atoms with Crippen LogP contribution in [0.4, 0.5) is 5.69 Å². The lowest BCUT2D eigenvalue weighted by Gasteiger charge is -2.23. The average molecular weight is 357 g/mol. The highest BCUT2D eigenvalue weighted by molar-refractivity contribution is 8.01. The molecule has 6 heteroatoms. The van der Waals surface area contributed by atoms with Crippen molar-refractivity contribution in [1.29, 1.82) is 0 Å². The number of esters is 1. The molecule has 1 heterocycles. The molecule has 0 aromatic heterocycles. The SMILES string of the molecule is Cc1ccc(OCCOC(=O)C[C@H]2Sc3ccccc3NC2=O)cc1. The van der Waals surface area contributed by atoms with E-state index in [2.05, 4.69) is 5.32 Å². The van der Waals surface area contributed by atoms with E-state index in [1.807, 2.05) is 55.5 Å². The van der Waals surface area contributed by atoms with Gasteiger partial charge in [-0.05, 0) is 31.2 Å².